The topological polar surface area (TPSA) is 97.1 Å². The minimum atomic E-state index is -0.992. The van der Waals surface area contributed by atoms with Crippen LogP contribution in [-0.2, 0) is 16.1 Å². The van der Waals surface area contributed by atoms with E-state index in [1.165, 1.54) is 17.4 Å². The SMILES string of the molecule is O=C(O)Cn1cnc(NC(=O)C2C[C@@H]3C[C@@H]3C2)n1. The highest BCUT2D eigenvalue weighted by Crippen LogP contribution is 2.54. The number of carboxylic acids is 1. The molecular formula is C11H14N4O3. The van der Waals surface area contributed by atoms with Gasteiger partial charge in [0.15, 0.2) is 0 Å². The monoisotopic (exact) mass is 250 g/mol. The molecule has 96 valence electrons. The number of carbonyl (C=O) groups is 2. The maximum Gasteiger partial charge on any atom is 0.325 e. The van der Waals surface area contributed by atoms with Crippen LogP contribution < -0.4 is 5.32 Å². The molecule has 0 bridgehead atoms. The Labute approximate surface area is 103 Å². The van der Waals surface area contributed by atoms with E-state index >= 15 is 0 Å². The first-order chi connectivity index (χ1) is 8.61. The van der Waals surface area contributed by atoms with Crippen molar-refractivity contribution in [1.29, 1.82) is 0 Å². The van der Waals surface area contributed by atoms with E-state index in [-0.39, 0.29) is 24.3 Å². The molecule has 1 heterocycles. The fourth-order valence-electron chi connectivity index (χ4n) is 2.71. The summed E-state index contributed by atoms with van der Waals surface area (Å²) in [5.41, 5.74) is 0. The molecule has 7 nitrogen and oxygen atoms in total. The number of carbonyl (C=O) groups excluding carboxylic acids is 1. The number of fused-ring (bicyclic) bond motifs is 1. The fraction of sp³-hybridized carbons (Fsp3) is 0.636. The van der Waals surface area contributed by atoms with Crippen LogP contribution in [0.25, 0.3) is 0 Å². The number of anilines is 1. The van der Waals surface area contributed by atoms with Gasteiger partial charge >= 0.3 is 5.97 Å². The van der Waals surface area contributed by atoms with E-state index in [9.17, 15) is 9.59 Å². The number of amides is 1. The molecule has 2 saturated carbocycles. The van der Waals surface area contributed by atoms with E-state index in [1.807, 2.05) is 0 Å². The summed E-state index contributed by atoms with van der Waals surface area (Å²) in [6, 6.07) is 0. The number of rotatable bonds is 4. The van der Waals surface area contributed by atoms with Gasteiger partial charge in [-0.3, -0.25) is 14.9 Å². The summed E-state index contributed by atoms with van der Waals surface area (Å²) in [7, 11) is 0. The summed E-state index contributed by atoms with van der Waals surface area (Å²) in [6.07, 6.45) is 4.50. The molecule has 0 spiro atoms. The third-order valence-corrected chi connectivity index (χ3v) is 3.68. The largest absolute Gasteiger partial charge is 0.480 e. The van der Waals surface area contributed by atoms with Gasteiger partial charge in [-0.15, -0.1) is 5.10 Å². The second-order valence-electron chi connectivity index (χ2n) is 5.07. The predicted molar refractivity (Wildman–Crippen MR) is 60.6 cm³/mol. The fourth-order valence-corrected chi connectivity index (χ4v) is 2.71. The van der Waals surface area contributed by atoms with Crippen molar-refractivity contribution < 1.29 is 14.7 Å². The first-order valence-electron chi connectivity index (χ1n) is 6.04. The first kappa shape index (κ1) is 11.2. The molecule has 0 aliphatic heterocycles. The zero-order valence-electron chi connectivity index (χ0n) is 9.74. The predicted octanol–water partition coefficient (Wildman–Crippen LogP) is 0.347. The van der Waals surface area contributed by atoms with Gasteiger partial charge in [0.1, 0.15) is 12.9 Å². The van der Waals surface area contributed by atoms with E-state index < -0.39 is 5.97 Å². The van der Waals surface area contributed by atoms with Crippen molar-refractivity contribution in [2.24, 2.45) is 17.8 Å². The summed E-state index contributed by atoms with van der Waals surface area (Å²) in [5.74, 6) is 0.711. The Morgan fingerprint density at radius 3 is 2.78 bits per heavy atom. The van der Waals surface area contributed by atoms with Gasteiger partial charge in [-0.2, -0.15) is 0 Å². The van der Waals surface area contributed by atoms with Gasteiger partial charge in [0.25, 0.3) is 0 Å². The van der Waals surface area contributed by atoms with Crippen LogP contribution >= 0.6 is 0 Å². The molecule has 3 atom stereocenters. The number of aliphatic carboxylic acids is 1. The van der Waals surface area contributed by atoms with Crippen molar-refractivity contribution in [3.05, 3.63) is 6.33 Å². The summed E-state index contributed by atoms with van der Waals surface area (Å²) in [6.45, 7) is -0.254. The normalized spacial score (nSPS) is 28.8. The van der Waals surface area contributed by atoms with Gasteiger partial charge in [0, 0.05) is 5.92 Å². The highest BCUT2D eigenvalue weighted by atomic mass is 16.4. The van der Waals surface area contributed by atoms with Crippen molar-refractivity contribution in [2.45, 2.75) is 25.8 Å². The van der Waals surface area contributed by atoms with Crippen molar-refractivity contribution in [2.75, 3.05) is 5.32 Å². The number of nitrogens with one attached hydrogen (secondary N) is 1. The lowest BCUT2D eigenvalue weighted by molar-refractivity contribution is -0.137. The van der Waals surface area contributed by atoms with Gasteiger partial charge in [-0.1, -0.05) is 0 Å². The van der Waals surface area contributed by atoms with Crippen molar-refractivity contribution in [1.82, 2.24) is 14.8 Å². The lowest BCUT2D eigenvalue weighted by Gasteiger charge is -2.09. The molecular weight excluding hydrogens is 236 g/mol. The average Bonchev–Trinajstić information content (AvgIpc) is 2.73. The number of nitrogens with zero attached hydrogens (tertiary/aromatic N) is 3. The molecule has 0 aromatic carbocycles. The second kappa shape index (κ2) is 4.08. The Hall–Kier alpha value is -1.92. The molecule has 7 heteroatoms. The Kier molecular flexibility index (Phi) is 2.53. The number of carboxylic acid groups (broad SMARTS) is 1. The minimum absolute atomic E-state index is 0.0460. The van der Waals surface area contributed by atoms with E-state index in [2.05, 4.69) is 15.4 Å². The molecule has 2 fully saturated rings. The van der Waals surface area contributed by atoms with Crippen LogP contribution in [0.3, 0.4) is 0 Å². The van der Waals surface area contributed by atoms with Gasteiger partial charge in [-0.25, -0.2) is 9.67 Å². The molecule has 18 heavy (non-hydrogen) atoms. The van der Waals surface area contributed by atoms with Gasteiger partial charge in [0.2, 0.25) is 11.9 Å². The number of hydrogen-bond donors (Lipinski definition) is 2. The maximum absolute atomic E-state index is 11.9. The average molecular weight is 250 g/mol. The van der Waals surface area contributed by atoms with Crippen LogP contribution in [0.5, 0.6) is 0 Å². The van der Waals surface area contributed by atoms with Crippen LogP contribution in [0.4, 0.5) is 5.95 Å². The summed E-state index contributed by atoms with van der Waals surface area (Å²) in [4.78, 5) is 26.2. The number of aromatic nitrogens is 3. The highest BCUT2D eigenvalue weighted by Gasteiger charge is 2.48. The van der Waals surface area contributed by atoms with Crippen LogP contribution in [0.15, 0.2) is 6.33 Å². The zero-order valence-corrected chi connectivity index (χ0v) is 9.74. The van der Waals surface area contributed by atoms with Gasteiger partial charge in [0.05, 0.1) is 0 Å². The van der Waals surface area contributed by atoms with Crippen LogP contribution in [0, 0.1) is 17.8 Å². The van der Waals surface area contributed by atoms with Gasteiger partial charge < -0.3 is 5.11 Å². The molecule has 1 unspecified atom stereocenters. The summed E-state index contributed by atoms with van der Waals surface area (Å²) < 4.78 is 1.18. The Morgan fingerprint density at radius 2 is 2.11 bits per heavy atom. The molecule has 0 saturated heterocycles. The van der Waals surface area contributed by atoms with Crippen molar-refractivity contribution in [3.63, 3.8) is 0 Å². The van der Waals surface area contributed by atoms with Crippen molar-refractivity contribution in [3.8, 4) is 0 Å². The standard InChI is InChI=1S/C11H14N4O3/c16-9(17)4-15-5-12-11(14-15)13-10(18)8-2-6-1-7(6)3-8/h5-8H,1-4H2,(H,16,17)(H,13,14,18)/t6-,7+,8?. The quantitative estimate of drug-likeness (QED) is 0.803. The highest BCUT2D eigenvalue weighted by molar-refractivity contribution is 5.91. The molecule has 0 radical (unpaired) electrons. The maximum atomic E-state index is 11.9. The molecule has 1 amide bonds. The summed E-state index contributed by atoms with van der Waals surface area (Å²) in [5, 5.41) is 15.1. The first-order valence-corrected chi connectivity index (χ1v) is 6.04. The number of hydrogen-bond acceptors (Lipinski definition) is 4. The van der Waals surface area contributed by atoms with Gasteiger partial charge in [-0.05, 0) is 31.1 Å². The molecule has 2 N–H and O–H groups in total. The zero-order chi connectivity index (χ0) is 12.7. The third-order valence-electron chi connectivity index (χ3n) is 3.68. The van der Waals surface area contributed by atoms with E-state index in [0.717, 1.165) is 24.7 Å². The molecule has 2 aliphatic carbocycles. The van der Waals surface area contributed by atoms with E-state index in [1.54, 1.807) is 0 Å². The Balaban J connectivity index is 1.56. The van der Waals surface area contributed by atoms with Crippen LogP contribution in [0.2, 0.25) is 0 Å². The molecule has 2 aliphatic rings. The lowest BCUT2D eigenvalue weighted by atomic mass is 10.0. The molecule has 3 rings (SSSR count). The smallest absolute Gasteiger partial charge is 0.325 e. The van der Waals surface area contributed by atoms with Crippen LogP contribution in [0.1, 0.15) is 19.3 Å². The lowest BCUT2D eigenvalue weighted by Crippen LogP contribution is -2.22. The molecule has 1 aromatic heterocycles. The minimum Gasteiger partial charge on any atom is -0.480 e. The van der Waals surface area contributed by atoms with E-state index in [0.29, 0.717) is 0 Å². The van der Waals surface area contributed by atoms with E-state index in [4.69, 9.17) is 5.11 Å². The third kappa shape index (κ3) is 2.20. The van der Waals surface area contributed by atoms with Crippen molar-refractivity contribution >= 4 is 17.8 Å². The molecule has 1 aromatic rings. The van der Waals surface area contributed by atoms with Crippen LogP contribution in [-0.4, -0.2) is 31.7 Å². The Morgan fingerprint density at radius 1 is 1.39 bits per heavy atom. The summed E-state index contributed by atoms with van der Waals surface area (Å²) >= 11 is 0. The second-order valence-corrected chi connectivity index (χ2v) is 5.07. The Bertz CT molecular complexity index is 488.